The standard InChI is InChI=1S/C14H19ClN4O2/c15-13-16-7-11(8-1-2-8)12(19-13)17-9-3-5-10(6-4-9)18-14(20)21/h7-10,18H,1-6H2,(H,20,21)(H,16,17,19)/t9-,10-. The molecule has 0 radical (unpaired) electrons. The van der Waals surface area contributed by atoms with E-state index in [0.717, 1.165) is 37.1 Å². The molecule has 2 fully saturated rings. The molecule has 114 valence electrons. The van der Waals surface area contributed by atoms with E-state index in [1.165, 1.54) is 12.8 Å². The topological polar surface area (TPSA) is 87.1 Å². The minimum absolute atomic E-state index is 0.0671. The number of carbonyl (C=O) groups is 1. The Balaban J connectivity index is 1.60. The highest BCUT2D eigenvalue weighted by Gasteiger charge is 2.29. The minimum atomic E-state index is -0.940. The fourth-order valence-electron chi connectivity index (χ4n) is 2.93. The Kier molecular flexibility index (Phi) is 4.14. The zero-order valence-electron chi connectivity index (χ0n) is 11.7. The molecule has 1 aromatic rings. The van der Waals surface area contributed by atoms with Gasteiger partial charge in [-0.2, -0.15) is 0 Å². The van der Waals surface area contributed by atoms with Gasteiger partial charge in [0.15, 0.2) is 0 Å². The SMILES string of the molecule is O=C(O)N[C@H]1CC[C@H](Nc2nc(Cl)ncc2C2CC2)CC1. The van der Waals surface area contributed by atoms with E-state index in [2.05, 4.69) is 20.6 Å². The Morgan fingerprint density at radius 2 is 1.86 bits per heavy atom. The monoisotopic (exact) mass is 310 g/mol. The van der Waals surface area contributed by atoms with Crippen molar-refractivity contribution in [3.8, 4) is 0 Å². The van der Waals surface area contributed by atoms with Crippen LogP contribution in [0.25, 0.3) is 0 Å². The number of nitrogens with zero attached hydrogens (tertiary/aromatic N) is 2. The highest BCUT2D eigenvalue weighted by atomic mass is 35.5. The van der Waals surface area contributed by atoms with Crippen LogP contribution in [0.15, 0.2) is 6.20 Å². The first-order valence-electron chi connectivity index (χ1n) is 7.40. The molecule has 21 heavy (non-hydrogen) atoms. The summed E-state index contributed by atoms with van der Waals surface area (Å²) < 4.78 is 0. The quantitative estimate of drug-likeness (QED) is 0.744. The van der Waals surface area contributed by atoms with E-state index in [1.807, 2.05) is 6.20 Å². The maximum atomic E-state index is 10.6. The van der Waals surface area contributed by atoms with E-state index < -0.39 is 6.09 Å². The molecule has 1 heterocycles. The highest BCUT2D eigenvalue weighted by Crippen LogP contribution is 2.43. The maximum absolute atomic E-state index is 10.6. The van der Waals surface area contributed by atoms with Gasteiger partial charge in [0.1, 0.15) is 5.82 Å². The van der Waals surface area contributed by atoms with E-state index in [-0.39, 0.29) is 11.3 Å². The van der Waals surface area contributed by atoms with Crippen LogP contribution in [-0.2, 0) is 0 Å². The number of hydrogen-bond acceptors (Lipinski definition) is 4. The number of nitrogens with one attached hydrogen (secondary N) is 2. The van der Waals surface area contributed by atoms with Crippen LogP contribution in [0.5, 0.6) is 0 Å². The van der Waals surface area contributed by atoms with Crippen molar-refractivity contribution in [3.63, 3.8) is 0 Å². The lowest BCUT2D eigenvalue weighted by Gasteiger charge is -2.29. The Bertz CT molecular complexity index is 528. The number of hydrogen-bond donors (Lipinski definition) is 3. The summed E-state index contributed by atoms with van der Waals surface area (Å²) in [7, 11) is 0. The summed E-state index contributed by atoms with van der Waals surface area (Å²) in [6.07, 6.45) is 6.82. The second-order valence-electron chi connectivity index (χ2n) is 5.86. The second-order valence-corrected chi connectivity index (χ2v) is 6.20. The van der Waals surface area contributed by atoms with Crippen molar-refractivity contribution >= 4 is 23.5 Å². The van der Waals surface area contributed by atoms with E-state index in [0.29, 0.717) is 12.0 Å². The van der Waals surface area contributed by atoms with Crippen LogP contribution in [-0.4, -0.2) is 33.3 Å². The molecule has 0 aliphatic heterocycles. The van der Waals surface area contributed by atoms with Crippen molar-refractivity contribution in [1.82, 2.24) is 15.3 Å². The molecule has 2 aliphatic carbocycles. The molecule has 0 aromatic carbocycles. The fourth-order valence-corrected chi connectivity index (χ4v) is 3.06. The first-order valence-corrected chi connectivity index (χ1v) is 7.78. The minimum Gasteiger partial charge on any atom is -0.465 e. The molecule has 6 nitrogen and oxygen atoms in total. The molecule has 0 unspecified atom stereocenters. The molecule has 3 rings (SSSR count). The van der Waals surface area contributed by atoms with Crippen molar-refractivity contribution in [3.05, 3.63) is 17.0 Å². The molecule has 2 aliphatic rings. The molecular formula is C14H19ClN4O2. The summed E-state index contributed by atoms with van der Waals surface area (Å²) in [6, 6.07) is 0.387. The summed E-state index contributed by atoms with van der Waals surface area (Å²) >= 11 is 5.90. The van der Waals surface area contributed by atoms with Crippen LogP contribution >= 0.6 is 11.6 Å². The summed E-state index contributed by atoms with van der Waals surface area (Å²) in [6.45, 7) is 0. The molecule has 0 bridgehead atoms. The largest absolute Gasteiger partial charge is 0.465 e. The third-order valence-corrected chi connectivity index (χ3v) is 4.38. The third-order valence-electron chi connectivity index (χ3n) is 4.20. The van der Waals surface area contributed by atoms with Crippen LogP contribution in [0.4, 0.5) is 10.6 Å². The van der Waals surface area contributed by atoms with Crippen LogP contribution in [0.1, 0.15) is 50.0 Å². The number of anilines is 1. The predicted molar refractivity (Wildman–Crippen MR) is 79.8 cm³/mol. The lowest BCUT2D eigenvalue weighted by atomic mass is 9.91. The van der Waals surface area contributed by atoms with Gasteiger partial charge in [0.2, 0.25) is 5.28 Å². The lowest BCUT2D eigenvalue weighted by molar-refractivity contribution is 0.185. The Morgan fingerprint density at radius 1 is 1.19 bits per heavy atom. The van der Waals surface area contributed by atoms with E-state index in [1.54, 1.807) is 0 Å². The molecule has 1 amide bonds. The molecule has 0 spiro atoms. The number of halogens is 1. The van der Waals surface area contributed by atoms with Gasteiger partial charge in [0.25, 0.3) is 0 Å². The normalized spacial score (nSPS) is 25.4. The van der Waals surface area contributed by atoms with Gasteiger partial charge in [-0.1, -0.05) is 0 Å². The predicted octanol–water partition coefficient (Wildman–Crippen LogP) is 3.00. The summed E-state index contributed by atoms with van der Waals surface area (Å²) in [5.74, 6) is 1.42. The first-order chi connectivity index (χ1) is 10.1. The smallest absolute Gasteiger partial charge is 0.404 e. The van der Waals surface area contributed by atoms with Gasteiger partial charge < -0.3 is 15.7 Å². The van der Waals surface area contributed by atoms with Crippen LogP contribution in [0.3, 0.4) is 0 Å². The third kappa shape index (κ3) is 3.75. The highest BCUT2D eigenvalue weighted by molar-refractivity contribution is 6.28. The average molecular weight is 311 g/mol. The average Bonchev–Trinajstić information content (AvgIpc) is 3.25. The van der Waals surface area contributed by atoms with E-state index >= 15 is 0 Å². The van der Waals surface area contributed by atoms with Crippen molar-refractivity contribution in [2.75, 3.05) is 5.32 Å². The van der Waals surface area contributed by atoms with Gasteiger partial charge in [0, 0.05) is 23.8 Å². The molecule has 0 saturated heterocycles. The van der Waals surface area contributed by atoms with Gasteiger partial charge >= 0.3 is 6.09 Å². The van der Waals surface area contributed by atoms with Crippen LogP contribution in [0, 0.1) is 0 Å². The van der Waals surface area contributed by atoms with Gasteiger partial charge in [-0.3, -0.25) is 0 Å². The molecule has 2 saturated carbocycles. The number of carboxylic acid groups (broad SMARTS) is 1. The molecule has 7 heteroatoms. The fraction of sp³-hybridized carbons (Fsp3) is 0.643. The molecule has 1 aromatic heterocycles. The zero-order valence-corrected chi connectivity index (χ0v) is 12.4. The zero-order chi connectivity index (χ0) is 14.8. The Morgan fingerprint density at radius 3 is 2.48 bits per heavy atom. The second kappa shape index (κ2) is 6.05. The summed E-state index contributed by atoms with van der Waals surface area (Å²) in [5, 5.41) is 15.0. The van der Waals surface area contributed by atoms with Crippen LogP contribution in [0.2, 0.25) is 5.28 Å². The Hall–Kier alpha value is -1.56. The van der Waals surface area contributed by atoms with E-state index in [4.69, 9.17) is 16.7 Å². The van der Waals surface area contributed by atoms with Gasteiger partial charge in [-0.05, 0) is 56.0 Å². The van der Waals surface area contributed by atoms with Crippen LogP contribution < -0.4 is 10.6 Å². The first kappa shape index (κ1) is 14.4. The molecule has 3 N–H and O–H groups in total. The number of rotatable bonds is 4. The van der Waals surface area contributed by atoms with Gasteiger partial charge in [-0.25, -0.2) is 14.8 Å². The summed E-state index contributed by atoms with van der Waals surface area (Å²) in [4.78, 5) is 19.1. The molecular weight excluding hydrogens is 292 g/mol. The van der Waals surface area contributed by atoms with Crippen molar-refractivity contribution < 1.29 is 9.90 Å². The number of aromatic nitrogens is 2. The molecule has 0 atom stereocenters. The Labute approximate surface area is 128 Å². The van der Waals surface area contributed by atoms with Crippen molar-refractivity contribution in [2.24, 2.45) is 0 Å². The van der Waals surface area contributed by atoms with Gasteiger partial charge in [0.05, 0.1) is 0 Å². The van der Waals surface area contributed by atoms with Gasteiger partial charge in [-0.15, -0.1) is 0 Å². The lowest BCUT2D eigenvalue weighted by Crippen LogP contribution is -2.39. The van der Waals surface area contributed by atoms with Crippen molar-refractivity contribution in [2.45, 2.75) is 56.5 Å². The van der Waals surface area contributed by atoms with E-state index in [9.17, 15) is 4.79 Å². The maximum Gasteiger partial charge on any atom is 0.404 e. The number of amides is 1. The summed E-state index contributed by atoms with van der Waals surface area (Å²) in [5.41, 5.74) is 1.16. The van der Waals surface area contributed by atoms with Crippen molar-refractivity contribution in [1.29, 1.82) is 0 Å².